The van der Waals surface area contributed by atoms with Gasteiger partial charge in [-0.1, -0.05) is 30.3 Å². The van der Waals surface area contributed by atoms with Crippen LogP contribution in [0.3, 0.4) is 0 Å². The minimum atomic E-state index is -0.520. The Morgan fingerprint density at radius 2 is 1.62 bits per heavy atom. The molecule has 1 aromatic heterocycles. The molecule has 29 heavy (non-hydrogen) atoms. The van der Waals surface area contributed by atoms with Crippen LogP contribution in [0.2, 0.25) is 0 Å². The maximum Gasteiger partial charge on any atom is 0.274 e. The Bertz CT molecular complexity index is 1070. The zero-order chi connectivity index (χ0) is 20.6. The molecule has 0 saturated heterocycles. The normalized spacial score (nSPS) is 10.1. The van der Waals surface area contributed by atoms with E-state index in [9.17, 15) is 14.0 Å². The average Bonchev–Trinajstić information content (AvgIpc) is 2.75. The third-order valence-corrected chi connectivity index (χ3v) is 4.12. The van der Waals surface area contributed by atoms with Gasteiger partial charge < -0.3 is 10.6 Å². The van der Waals surface area contributed by atoms with Gasteiger partial charge >= 0.3 is 0 Å². The highest BCUT2D eigenvalue weighted by atomic mass is 19.1. The predicted octanol–water partition coefficient (Wildman–Crippen LogP) is 3.32. The molecule has 3 rings (SSSR count). The van der Waals surface area contributed by atoms with Crippen LogP contribution in [0.5, 0.6) is 0 Å². The number of hydrogen-bond acceptors (Lipinski definition) is 4. The van der Waals surface area contributed by atoms with Crippen molar-refractivity contribution < 1.29 is 14.0 Å². The van der Waals surface area contributed by atoms with Crippen molar-refractivity contribution in [2.45, 2.75) is 6.42 Å². The van der Waals surface area contributed by atoms with Crippen LogP contribution in [0.25, 0.3) is 0 Å². The van der Waals surface area contributed by atoms with Crippen LogP contribution in [0.4, 0.5) is 10.1 Å². The van der Waals surface area contributed by atoms with Crippen molar-refractivity contribution in [3.05, 3.63) is 95.1 Å². The number of para-hydroxylation sites is 1. The summed E-state index contributed by atoms with van der Waals surface area (Å²) in [6.07, 6.45) is 0.539. The van der Waals surface area contributed by atoms with E-state index in [2.05, 4.69) is 15.6 Å². The molecule has 3 aromatic rings. The third kappa shape index (κ3) is 5.23. The second-order valence-corrected chi connectivity index (χ2v) is 6.15. The van der Waals surface area contributed by atoms with Crippen molar-refractivity contribution in [2.24, 2.45) is 0 Å². The number of nitrogens with zero attached hydrogens (tertiary/aromatic N) is 2. The molecule has 2 N–H and O–H groups in total. The molecule has 0 saturated carbocycles. The van der Waals surface area contributed by atoms with Gasteiger partial charge in [-0.3, -0.25) is 9.59 Å². The summed E-state index contributed by atoms with van der Waals surface area (Å²) < 4.78 is 12.9. The molecule has 144 valence electrons. The molecule has 0 aliphatic heterocycles. The first-order chi connectivity index (χ1) is 14.1. The minimum absolute atomic E-state index is 0.0592. The summed E-state index contributed by atoms with van der Waals surface area (Å²) in [5.41, 5.74) is 1.75. The lowest BCUT2D eigenvalue weighted by atomic mass is 10.1. The molecular formula is C22H17FN4O2. The summed E-state index contributed by atoms with van der Waals surface area (Å²) in [6.45, 7) is 0.345. The molecular weight excluding hydrogens is 371 g/mol. The number of nitrogens with one attached hydrogen (secondary N) is 2. The fourth-order valence-electron chi connectivity index (χ4n) is 2.63. The lowest BCUT2D eigenvalue weighted by Gasteiger charge is -2.08. The summed E-state index contributed by atoms with van der Waals surface area (Å²) in [5.74, 6) is -1.25. The Balaban J connectivity index is 1.62. The number of carbonyl (C=O) groups is 2. The molecule has 0 atom stereocenters. The summed E-state index contributed by atoms with van der Waals surface area (Å²) in [5, 5.41) is 14.5. The Kier molecular flexibility index (Phi) is 6.28. The van der Waals surface area contributed by atoms with Crippen molar-refractivity contribution in [1.82, 2.24) is 10.3 Å². The van der Waals surface area contributed by atoms with Crippen LogP contribution < -0.4 is 10.6 Å². The third-order valence-electron chi connectivity index (χ3n) is 4.12. The van der Waals surface area contributed by atoms with Gasteiger partial charge in [0.15, 0.2) is 0 Å². The van der Waals surface area contributed by atoms with E-state index in [1.54, 1.807) is 42.5 Å². The van der Waals surface area contributed by atoms with E-state index in [0.29, 0.717) is 24.2 Å². The van der Waals surface area contributed by atoms with E-state index in [4.69, 9.17) is 5.26 Å². The van der Waals surface area contributed by atoms with Crippen molar-refractivity contribution in [2.75, 3.05) is 11.9 Å². The zero-order valence-corrected chi connectivity index (χ0v) is 15.4. The number of hydrogen-bond donors (Lipinski definition) is 2. The number of nitriles is 1. The lowest BCUT2D eigenvalue weighted by Crippen LogP contribution is -2.27. The minimum Gasteiger partial charge on any atom is -0.350 e. The molecule has 0 fully saturated rings. The van der Waals surface area contributed by atoms with Gasteiger partial charge in [0.25, 0.3) is 11.8 Å². The van der Waals surface area contributed by atoms with Gasteiger partial charge in [0.2, 0.25) is 0 Å². The smallest absolute Gasteiger partial charge is 0.274 e. The number of carbonyl (C=O) groups excluding carboxylic acids is 2. The average molecular weight is 388 g/mol. The van der Waals surface area contributed by atoms with Gasteiger partial charge in [0.1, 0.15) is 23.3 Å². The Labute approximate surface area is 167 Å². The van der Waals surface area contributed by atoms with E-state index < -0.39 is 11.8 Å². The van der Waals surface area contributed by atoms with Crippen LogP contribution in [0.15, 0.2) is 66.7 Å². The number of pyridine rings is 1. The molecule has 6 nitrogen and oxygen atoms in total. The number of halogens is 1. The lowest BCUT2D eigenvalue weighted by molar-refractivity contribution is 0.0949. The fourth-order valence-corrected chi connectivity index (χ4v) is 2.63. The number of amides is 2. The first-order valence-electron chi connectivity index (χ1n) is 8.87. The molecule has 1 heterocycles. The monoisotopic (exact) mass is 388 g/mol. The van der Waals surface area contributed by atoms with Crippen LogP contribution in [-0.4, -0.2) is 23.3 Å². The van der Waals surface area contributed by atoms with Gasteiger partial charge in [-0.25, -0.2) is 9.37 Å². The van der Waals surface area contributed by atoms with E-state index in [-0.39, 0.29) is 17.2 Å². The maximum absolute atomic E-state index is 12.9. The number of benzene rings is 2. The van der Waals surface area contributed by atoms with E-state index in [1.807, 2.05) is 6.07 Å². The largest absolute Gasteiger partial charge is 0.350 e. The van der Waals surface area contributed by atoms with Gasteiger partial charge in [0.05, 0.1) is 11.3 Å². The molecule has 2 amide bonds. The molecule has 0 radical (unpaired) electrons. The molecule has 0 aliphatic rings. The highest BCUT2D eigenvalue weighted by Gasteiger charge is 2.13. The van der Waals surface area contributed by atoms with Gasteiger partial charge in [-0.2, -0.15) is 5.26 Å². The Hall–Kier alpha value is -4.05. The van der Waals surface area contributed by atoms with Gasteiger partial charge in [0, 0.05) is 6.54 Å². The van der Waals surface area contributed by atoms with Crippen LogP contribution in [0, 0.1) is 17.1 Å². The quantitative estimate of drug-likeness (QED) is 0.677. The topological polar surface area (TPSA) is 94.9 Å². The zero-order valence-electron chi connectivity index (χ0n) is 15.4. The summed E-state index contributed by atoms with van der Waals surface area (Å²) >= 11 is 0. The highest BCUT2D eigenvalue weighted by Crippen LogP contribution is 2.14. The fraction of sp³-hybridized carbons (Fsp3) is 0.0909. The first-order valence-corrected chi connectivity index (χ1v) is 8.87. The van der Waals surface area contributed by atoms with E-state index in [0.717, 1.165) is 5.56 Å². The maximum atomic E-state index is 12.9. The van der Waals surface area contributed by atoms with Gasteiger partial charge in [-0.15, -0.1) is 0 Å². The van der Waals surface area contributed by atoms with Crippen LogP contribution in [-0.2, 0) is 6.42 Å². The van der Waals surface area contributed by atoms with Gasteiger partial charge in [-0.05, 0) is 48.4 Å². The molecule has 0 unspecified atom stereocenters. The van der Waals surface area contributed by atoms with Crippen molar-refractivity contribution in [3.63, 3.8) is 0 Å². The summed E-state index contributed by atoms with van der Waals surface area (Å²) in [7, 11) is 0. The Morgan fingerprint density at radius 1 is 0.931 bits per heavy atom. The molecule has 2 aromatic carbocycles. The van der Waals surface area contributed by atoms with Crippen LogP contribution >= 0.6 is 0 Å². The second kappa shape index (κ2) is 9.24. The molecule has 7 heteroatoms. The molecule has 0 aliphatic carbocycles. The molecule has 0 bridgehead atoms. The second-order valence-electron chi connectivity index (χ2n) is 6.15. The SMILES string of the molecule is N#Cc1ccccc1NC(=O)c1cccc(C(=O)NCCc2ccc(F)cc2)n1. The van der Waals surface area contributed by atoms with Crippen molar-refractivity contribution in [1.29, 1.82) is 5.26 Å². The highest BCUT2D eigenvalue weighted by molar-refractivity contribution is 6.04. The van der Waals surface area contributed by atoms with E-state index in [1.165, 1.54) is 24.3 Å². The number of aromatic nitrogens is 1. The van der Waals surface area contributed by atoms with Crippen molar-refractivity contribution >= 4 is 17.5 Å². The standard InChI is InChI=1S/C22H17FN4O2/c23-17-10-8-15(9-11-17)12-13-25-21(28)19-6-3-7-20(26-19)22(29)27-18-5-2-1-4-16(18)14-24/h1-11H,12-13H2,(H,25,28)(H,27,29). The van der Waals surface area contributed by atoms with Crippen molar-refractivity contribution in [3.8, 4) is 6.07 Å². The number of rotatable bonds is 6. The van der Waals surface area contributed by atoms with E-state index >= 15 is 0 Å². The van der Waals surface area contributed by atoms with Crippen LogP contribution in [0.1, 0.15) is 32.1 Å². The predicted molar refractivity (Wildman–Crippen MR) is 106 cm³/mol. The summed E-state index contributed by atoms with van der Waals surface area (Å²) in [6, 6.07) is 19.2. The number of anilines is 1. The summed E-state index contributed by atoms with van der Waals surface area (Å²) in [4.78, 5) is 28.9. The molecule has 0 spiro atoms. The first kappa shape index (κ1) is 19.7. The Morgan fingerprint density at radius 3 is 2.34 bits per heavy atom.